The van der Waals surface area contributed by atoms with E-state index >= 15 is 0 Å². The average Bonchev–Trinajstić information content (AvgIpc) is 3.16. The Labute approximate surface area is 169 Å². The molecule has 1 saturated carbocycles. The lowest BCUT2D eigenvalue weighted by Gasteiger charge is -2.34. The fourth-order valence-electron chi connectivity index (χ4n) is 4.53. The third-order valence-corrected chi connectivity index (χ3v) is 5.72. The van der Waals surface area contributed by atoms with Gasteiger partial charge in [-0.2, -0.15) is 0 Å². The zero-order valence-corrected chi connectivity index (χ0v) is 17.5. The van der Waals surface area contributed by atoms with Gasteiger partial charge in [-0.3, -0.25) is 0 Å². The summed E-state index contributed by atoms with van der Waals surface area (Å²) >= 11 is 0. The lowest BCUT2D eigenvalue weighted by atomic mass is 9.92. The van der Waals surface area contributed by atoms with E-state index in [1.807, 2.05) is 12.1 Å². The van der Waals surface area contributed by atoms with Crippen LogP contribution in [0.5, 0.6) is 5.88 Å². The van der Waals surface area contributed by atoms with Gasteiger partial charge in [-0.05, 0) is 68.5 Å². The number of rotatable bonds is 8. The number of ether oxygens (including phenoxy) is 1. The minimum Gasteiger partial charge on any atom is -0.474 e. The molecule has 2 N–H and O–H groups in total. The van der Waals surface area contributed by atoms with Crippen molar-refractivity contribution in [2.75, 3.05) is 26.2 Å². The highest BCUT2D eigenvalue weighted by molar-refractivity contribution is 5.73. The second-order valence-electron chi connectivity index (χ2n) is 8.70. The summed E-state index contributed by atoms with van der Waals surface area (Å²) in [6, 6.07) is 3.73. The highest BCUT2D eigenvalue weighted by atomic mass is 16.5. The van der Waals surface area contributed by atoms with E-state index in [-0.39, 0.29) is 6.03 Å². The third-order valence-electron chi connectivity index (χ3n) is 5.72. The van der Waals surface area contributed by atoms with Crippen molar-refractivity contribution in [1.82, 2.24) is 20.5 Å². The maximum Gasteiger partial charge on any atom is 0.315 e. The van der Waals surface area contributed by atoms with Gasteiger partial charge < -0.3 is 20.3 Å². The lowest BCUT2D eigenvalue weighted by Crippen LogP contribution is -2.41. The maximum atomic E-state index is 12.1. The number of aromatic nitrogens is 1. The first-order chi connectivity index (χ1) is 13.6. The van der Waals surface area contributed by atoms with Gasteiger partial charge in [0.2, 0.25) is 5.88 Å². The summed E-state index contributed by atoms with van der Waals surface area (Å²) < 4.78 is 5.93. The van der Waals surface area contributed by atoms with Crippen LogP contribution in [0.3, 0.4) is 0 Å². The monoisotopic (exact) mass is 388 g/mol. The Hall–Kier alpha value is -1.82. The van der Waals surface area contributed by atoms with E-state index in [2.05, 4.69) is 34.4 Å². The number of piperidine rings is 1. The molecule has 0 spiro atoms. The smallest absolute Gasteiger partial charge is 0.315 e. The molecular weight excluding hydrogens is 352 g/mol. The summed E-state index contributed by atoms with van der Waals surface area (Å²) in [6.07, 6.45) is 9.07. The van der Waals surface area contributed by atoms with Crippen LogP contribution in [0, 0.1) is 11.8 Å². The number of pyridine rings is 1. The number of hydrogen-bond acceptors (Lipinski definition) is 4. The molecule has 0 bridgehead atoms. The molecule has 1 aromatic heterocycles. The highest BCUT2D eigenvalue weighted by Crippen LogP contribution is 2.23. The van der Waals surface area contributed by atoms with Crippen molar-refractivity contribution in [1.29, 1.82) is 0 Å². The standard InChI is InChI=1S/C22H36N4O2/c1-17-12-18(2)16-26(15-17)11-5-9-24-22(27)25-14-19-8-10-23-21(13-19)28-20-6-3-4-7-20/h8,10,13,17-18,20H,3-7,9,11-12,14-16H2,1-2H3,(H2,24,25,27). The molecule has 2 amide bonds. The molecule has 0 aromatic carbocycles. The van der Waals surface area contributed by atoms with E-state index in [0.29, 0.717) is 25.1 Å². The van der Waals surface area contributed by atoms with Crippen LogP contribution in [0.15, 0.2) is 18.3 Å². The van der Waals surface area contributed by atoms with Gasteiger partial charge in [0.1, 0.15) is 6.10 Å². The second kappa shape index (κ2) is 10.6. The Morgan fingerprint density at radius 1 is 1.21 bits per heavy atom. The molecule has 1 aliphatic carbocycles. The van der Waals surface area contributed by atoms with E-state index in [4.69, 9.17) is 4.74 Å². The Morgan fingerprint density at radius 3 is 2.71 bits per heavy atom. The molecule has 2 heterocycles. The molecule has 2 atom stereocenters. The molecule has 28 heavy (non-hydrogen) atoms. The molecular formula is C22H36N4O2. The van der Waals surface area contributed by atoms with Gasteiger partial charge >= 0.3 is 6.03 Å². The van der Waals surface area contributed by atoms with Gasteiger partial charge in [-0.25, -0.2) is 9.78 Å². The van der Waals surface area contributed by atoms with Crippen molar-refractivity contribution in [2.45, 2.75) is 65.0 Å². The molecule has 2 aliphatic rings. The molecule has 1 saturated heterocycles. The fourth-order valence-corrected chi connectivity index (χ4v) is 4.53. The first kappa shape index (κ1) is 20.9. The second-order valence-corrected chi connectivity index (χ2v) is 8.70. The van der Waals surface area contributed by atoms with Crippen molar-refractivity contribution in [3.63, 3.8) is 0 Å². The molecule has 0 radical (unpaired) electrons. The van der Waals surface area contributed by atoms with Gasteiger partial charge in [-0.15, -0.1) is 0 Å². The van der Waals surface area contributed by atoms with Crippen LogP contribution >= 0.6 is 0 Å². The number of urea groups is 1. The van der Waals surface area contributed by atoms with Crippen molar-refractivity contribution in [3.8, 4) is 5.88 Å². The van der Waals surface area contributed by atoms with E-state index in [1.54, 1.807) is 6.20 Å². The average molecular weight is 389 g/mol. The summed E-state index contributed by atoms with van der Waals surface area (Å²) in [4.78, 5) is 18.9. The lowest BCUT2D eigenvalue weighted by molar-refractivity contribution is 0.139. The Morgan fingerprint density at radius 2 is 1.96 bits per heavy atom. The van der Waals surface area contributed by atoms with E-state index < -0.39 is 0 Å². The summed E-state index contributed by atoms with van der Waals surface area (Å²) in [7, 11) is 0. The number of amides is 2. The Balaban J connectivity index is 1.31. The van der Waals surface area contributed by atoms with E-state index in [0.717, 1.165) is 43.2 Å². The number of nitrogens with one attached hydrogen (secondary N) is 2. The number of nitrogens with zero attached hydrogens (tertiary/aromatic N) is 2. The first-order valence-electron chi connectivity index (χ1n) is 10.9. The number of carbonyl (C=O) groups is 1. The minimum atomic E-state index is -0.115. The Kier molecular flexibility index (Phi) is 7.95. The number of carbonyl (C=O) groups excluding carboxylic acids is 1. The first-order valence-corrected chi connectivity index (χ1v) is 10.9. The molecule has 156 valence electrons. The quantitative estimate of drug-likeness (QED) is 0.668. The van der Waals surface area contributed by atoms with Gasteiger partial charge in [0.15, 0.2) is 0 Å². The predicted octanol–water partition coefficient (Wildman–Crippen LogP) is 3.57. The van der Waals surface area contributed by atoms with Crippen molar-refractivity contribution in [2.24, 2.45) is 11.8 Å². The van der Waals surface area contributed by atoms with Crippen LogP contribution in [0.25, 0.3) is 0 Å². The molecule has 1 aliphatic heterocycles. The van der Waals surface area contributed by atoms with E-state index in [1.165, 1.54) is 32.4 Å². The van der Waals surface area contributed by atoms with Crippen molar-refractivity contribution < 1.29 is 9.53 Å². The molecule has 3 rings (SSSR count). The largest absolute Gasteiger partial charge is 0.474 e. The van der Waals surface area contributed by atoms with Crippen LogP contribution in [-0.4, -0.2) is 48.2 Å². The highest BCUT2D eigenvalue weighted by Gasteiger charge is 2.21. The Bertz CT molecular complexity index is 608. The summed E-state index contributed by atoms with van der Waals surface area (Å²) in [5.74, 6) is 2.22. The third kappa shape index (κ3) is 6.97. The van der Waals surface area contributed by atoms with Gasteiger partial charge in [0.05, 0.1) is 0 Å². The van der Waals surface area contributed by atoms with Crippen LogP contribution in [0.2, 0.25) is 0 Å². The van der Waals surface area contributed by atoms with Crippen LogP contribution < -0.4 is 15.4 Å². The van der Waals surface area contributed by atoms with Gasteiger partial charge in [0, 0.05) is 38.4 Å². The molecule has 6 nitrogen and oxygen atoms in total. The normalized spacial score (nSPS) is 23.5. The predicted molar refractivity (Wildman–Crippen MR) is 111 cm³/mol. The fraction of sp³-hybridized carbons (Fsp3) is 0.727. The number of likely N-dealkylation sites (tertiary alicyclic amines) is 1. The van der Waals surface area contributed by atoms with Gasteiger partial charge in [-0.1, -0.05) is 13.8 Å². The van der Waals surface area contributed by atoms with Crippen LogP contribution in [0.4, 0.5) is 4.79 Å². The van der Waals surface area contributed by atoms with Crippen LogP contribution in [0.1, 0.15) is 57.9 Å². The van der Waals surface area contributed by atoms with E-state index in [9.17, 15) is 4.79 Å². The topological polar surface area (TPSA) is 66.5 Å². The summed E-state index contributed by atoms with van der Waals surface area (Å²) in [5.41, 5.74) is 1.01. The van der Waals surface area contributed by atoms with Crippen LogP contribution in [-0.2, 0) is 6.54 Å². The summed E-state index contributed by atoms with van der Waals surface area (Å²) in [5, 5.41) is 5.89. The molecule has 6 heteroatoms. The molecule has 2 fully saturated rings. The maximum absolute atomic E-state index is 12.1. The zero-order chi connectivity index (χ0) is 19.8. The summed E-state index contributed by atoms with van der Waals surface area (Å²) in [6.45, 7) is 9.28. The zero-order valence-electron chi connectivity index (χ0n) is 17.5. The van der Waals surface area contributed by atoms with Gasteiger partial charge in [0.25, 0.3) is 0 Å². The molecule has 2 unspecified atom stereocenters. The van der Waals surface area contributed by atoms with Crippen molar-refractivity contribution >= 4 is 6.03 Å². The molecule has 1 aromatic rings. The van der Waals surface area contributed by atoms with Crippen molar-refractivity contribution in [3.05, 3.63) is 23.9 Å². The SMILES string of the molecule is CC1CC(C)CN(CCCNC(=O)NCc2ccnc(OC3CCCC3)c2)C1. The number of hydrogen-bond donors (Lipinski definition) is 2. The minimum absolute atomic E-state index is 0.115.